The summed E-state index contributed by atoms with van der Waals surface area (Å²) in [6.45, 7) is 12.3. The van der Waals surface area contributed by atoms with Gasteiger partial charge in [0.2, 0.25) is 0 Å². The lowest BCUT2D eigenvalue weighted by atomic mass is 9.82. The van der Waals surface area contributed by atoms with Gasteiger partial charge in [-0.15, -0.1) is 0 Å². The van der Waals surface area contributed by atoms with Crippen LogP contribution in [0.15, 0.2) is 42.5 Å². The zero-order valence-corrected chi connectivity index (χ0v) is 18.7. The van der Waals surface area contributed by atoms with Gasteiger partial charge in [-0.25, -0.2) is 0 Å². The number of ether oxygens (including phenoxy) is 1. The number of rotatable bonds is 7. The van der Waals surface area contributed by atoms with Crippen molar-refractivity contribution in [1.82, 2.24) is 4.90 Å². The molecule has 0 fully saturated rings. The van der Waals surface area contributed by atoms with E-state index in [1.807, 2.05) is 44.2 Å². The number of hydrogen-bond donors (Lipinski definition) is 0. The van der Waals surface area contributed by atoms with Crippen molar-refractivity contribution in [3.8, 4) is 5.75 Å². The smallest absolute Gasteiger partial charge is 0.265 e. The van der Waals surface area contributed by atoms with Crippen LogP contribution >= 0.6 is 0 Å². The Kier molecular flexibility index (Phi) is 6.49. The topological polar surface area (TPSA) is 49.9 Å². The summed E-state index contributed by atoms with van der Waals surface area (Å²) < 4.78 is 5.68. The first kappa shape index (κ1) is 21.9. The minimum absolute atomic E-state index is 0.0112. The van der Waals surface area contributed by atoms with Gasteiger partial charge in [0.05, 0.1) is 12.2 Å². The molecular formula is C25H32N2O3. The quantitative estimate of drug-likeness (QED) is 0.662. The predicted molar refractivity (Wildman–Crippen MR) is 120 cm³/mol. The monoisotopic (exact) mass is 408 g/mol. The van der Waals surface area contributed by atoms with Gasteiger partial charge >= 0.3 is 0 Å². The molecule has 5 heteroatoms. The van der Waals surface area contributed by atoms with E-state index < -0.39 is 0 Å². The fourth-order valence-electron chi connectivity index (χ4n) is 3.68. The molecule has 0 saturated carbocycles. The van der Waals surface area contributed by atoms with E-state index in [0.717, 1.165) is 23.4 Å². The van der Waals surface area contributed by atoms with Gasteiger partial charge in [0.25, 0.3) is 11.8 Å². The number of nitrogens with zero attached hydrogens (tertiary/aromatic N) is 2. The molecule has 0 radical (unpaired) electrons. The Balaban J connectivity index is 1.93. The third-order valence-electron chi connectivity index (χ3n) is 6.13. The highest BCUT2D eigenvalue weighted by Gasteiger charge is 2.28. The lowest BCUT2D eigenvalue weighted by Crippen LogP contribution is -2.38. The molecule has 0 atom stereocenters. The van der Waals surface area contributed by atoms with Crippen molar-refractivity contribution < 1.29 is 14.3 Å². The maximum absolute atomic E-state index is 12.7. The standard InChI is InChI=1S/C25H32N2O3/c1-6-25(4,5)20-12-13-22-21(15-20)27(23(28)17-30-22)16-18-10-9-11-19(14-18)24(29)26(7-2)8-3/h9-15H,6-8,16-17H2,1-5H3. The third-order valence-corrected chi connectivity index (χ3v) is 6.13. The lowest BCUT2D eigenvalue weighted by molar-refractivity contribution is -0.121. The molecular weight excluding hydrogens is 376 g/mol. The van der Waals surface area contributed by atoms with Crippen LogP contribution in [0.4, 0.5) is 5.69 Å². The molecule has 0 aliphatic carbocycles. The Morgan fingerprint density at radius 2 is 1.83 bits per heavy atom. The van der Waals surface area contributed by atoms with Crippen molar-refractivity contribution in [2.45, 2.75) is 53.0 Å². The van der Waals surface area contributed by atoms with E-state index in [1.165, 1.54) is 5.56 Å². The van der Waals surface area contributed by atoms with Gasteiger partial charge < -0.3 is 14.5 Å². The molecule has 1 heterocycles. The molecule has 1 aliphatic rings. The van der Waals surface area contributed by atoms with Crippen LogP contribution in [0, 0.1) is 0 Å². The van der Waals surface area contributed by atoms with Gasteiger partial charge in [0.1, 0.15) is 5.75 Å². The minimum Gasteiger partial charge on any atom is -0.482 e. The van der Waals surface area contributed by atoms with Crippen LogP contribution in [-0.4, -0.2) is 36.4 Å². The van der Waals surface area contributed by atoms with Crippen molar-refractivity contribution in [2.75, 3.05) is 24.6 Å². The zero-order valence-electron chi connectivity index (χ0n) is 18.7. The van der Waals surface area contributed by atoms with Crippen LogP contribution in [0.5, 0.6) is 5.75 Å². The van der Waals surface area contributed by atoms with Gasteiger partial charge in [-0.2, -0.15) is 0 Å². The number of amides is 2. The summed E-state index contributed by atoms with van der Waals surface area (Å²) in [5, 5.41) is 0. The molecule has 3 rings (SSSR count). The molecule has 0 aromatic heterocycles. The molecule has 30 heavy (non-hydrogen) atoms. The van der Waals surface area contributed by atoms with Crippen molar-refractivity contribution in [2.24, 2.45) is 0 Å². The van der Waals surface area contributed by atoms with Crippen LogP contribution in [0.1, 0.15) is 62.5 Å². The molecule has 0 N–H and O–H groups in total. The highest BCUT2D eigenvalue weighted by atomic mass is 16.5. The normalized spacial score (nSPS) is 13.6. The SMILES string of the molecule is CCN(CC)C(=O)c1cccc(CN2C(=O)COc3ccc(C(C)(C)CC)cc32)c1. The first-order valence-electron chi connectivity index (χ1n) is 10.8. The number of benzene rings is 2. The maximum atomic E-state index is 12.7. The second kappa shape index (κ2) is 8.90. The number of fused-ring (bicyclic) bond motifs is 1. The average Bonchev–Trinajstić information content (AvgIpc) is 2.76. The Labute approximate surface area is 179 Å². The second-order valence-corrected chi connectivity index (χ2v) is 8.37. The summed E-state index contributed by atoms with van der Waals surface area (Å²) >= 11 is 0. The molecule has 160 valence electrons. The highest BCUT2D eigenvalue weighted by molar-refractivity contribution is 5.98. The first-order chi connectivity index (χ1) is 14.3. The molecule has 0 spiro atoms. The summed E-state index contributed by atoms with van der Waals surface area (Å²) in [6, 6.07) is 13.7. The van der Waals surface area contributed by atoms with E-state index in [9.17, 15) is 9.59 Å². The Morgan fingerprint density at radius 3 is 2.50 bits per heavy atom. The summed E-state index contributed by atoms with van der Waals surface area (Å²) in [4.78, 5) is 29.0. The van der Waals surface area contributed by atoms with Gasteiger partial charge in [-0.05, 0) is 61.1 Å². The maximum Gasteiger partial charge on any atom is 0.265 e. The molecule has 1 aliphatic heterocycles. The lowest BCUT2D eigenvalue weighted by Gasteiger charge is -2.32. The number of carbonyl (C=O) groups excluding carboxylic acids is 2. The summed E-state index contributed by atoms with van der Waals surface area (Å²) in [5.41, 5.74) is 3.56. The summed E-state index contributed by atoms with van der Waals surface area (Å²) in [5.74, 6) is 0.664. The van der Waals surface area contributed by atoms with E-state index in [0.29, 0.717) is 25.2 Å². The largest absolute Gasteiger partial charge is 0.482 e. The van der Waals surface area contributed by atoms with Crippen molar-refractivity contribution in [3.63, 3.8) is 0 Å². The number of hydrogen-bond acceptors (Lipinski definition) is 3. The van der Waals surface area contributed by atoms with Gasteiger partial charge in [0, 0.05) is 18.7 Å². The molecule has 5 nitrogen and oxygen atoms in total. The minimum atomic E-state index is -0.0746. The highest BCUT2D eigenvalue weighted by Crippen LogP contribution is 2.38. The summed E-state index contributed by atoms with van der Waals surface area (Å²) in [7, 11) is 0. The summed E-state index contributed by atoms with van der Waals surface area (Å²) in [6.07, 6.45) is 0.996. The van der Waals surface area contributed by atoms with Crippen LogP contribution in [-0.2, 0) is 16.8 Å². The fourth-order valence-corrected chi connectivity index (χ4v) is 3.68. The Hall–Kier alpha value is -2.82. The van der Waals surface area contributed by atoms with Crippen molar-refractivity contribution >= 4 is 17.5 Å². The van der Waals surface area contributed by atoms with E-state index in [2.05, 4.69) is 32.9 Å². The van der Waals surface area contributed by atoms with Crippen molar-refractivity contribution in [1.29, 1.82) is 0 Å². The molecule has 2 aromatic carbocycles. The van der Waals surface area contributed by atoms with Gasteiger partial charge in [-0.3, -0.25) is 9.59 Å². The second-order valence-electron chi connectivity index (χ2n) is 8.37. The van der Waals surface area contributed by atoms with Gasteiger partial charge in [-0.1, -0.05) is 39.0 Å². The number of carbonyl (C=O) groups is 2. The number of anilines is 1. The van der Waals surface area contributed by atoms with Crippen LogP contribution in [0.3, 0.4) is 0 Å². The average molecular weight is 409 g/mol. The zero-order chi connectivity index (χ0) is 21.9. The van der Waals surface area contributed by atoms with Crippen LogP contribution in [0.2, 0.25) is 0 Å². The molecule has 0 unspecified atom stereocenters. The predicted octanol–water partition coefficient (Wildman–Crippen LogP) is 4.78. The van der Waals surface area contributed by atoms with E-state index in [-0.39, 0.29) is 23.8 Å². The Bertz CT molecular complexity index is 932. The van der Waals surface area contributed by atoms with E-state index >= 15 is 0 Å². The molecule has 2 aromatic rings. The van der Waals surface area contributed by atoms with Crippen molar-refractivity contribution in [3.05, 3.63) is 59.2 Å². The van der Waals surface area contributed by atoms with E-state index in [4.69, 9.17) is 4.74 Å². The fraction of sp³-hybridized carbons (Fsp3) is 0.440. The third kappa shape index (κ3) is 4.35. The molecule has 2 amide bonds. The van der Waals surface area contributed by atoms with Crippen LogP contribution in [0.25, 0.3) is 0 Å². The van der Waals surface area contributed by atoms with E-state index in [1.54, 1.807) is 9.80 Å². The van der Waals surface area contributed by atoms with Crippen LogP contribution < -0.4 is 9.64 Å². The van der Waals surface area contributed by atoms with Gasteiger partial charge in [0.15, 0.2) is 6.61 Å². The molecule has 0 bridgehead atoms. The molecule has 0 saturated heterocycles. The Morgan fingerprint density at radius 1 is 1.10 bits per heavy atom. The first-order valence-corrected chi connectivity index (χ1v) is 10.8.